The quantitative estimate of drug-likeness (QED) is 0.905. The fourth-order valence-electron chi connectivity index (χ4n) is 2.76. The molecule has 1 aliphatic heterocycles. The molecule has 2 aromatic carbocycles. The fraction of sp³-hybridized carbons (Fsp3) is 0.235. The molecule has 0 saturated heterocycles. The van der Waals surface area contributed by atoms with Crippen molar-refractivity contribution < 1.29 is 9.53 Å². The molecular weight excluding hydrogens is 286 g/mol. The van der Waals surface area contributed by atoms with Crippen molar-refractivity contribution in [3.05, 3.63) is 58.1 Å². The van der Waals surface area contributed by atoms with Crippen LogP contribution in [-0.2, 0) is 4.79 Å². The number of rotatable bonds is 2. The molecule has 0 aromatic heterocycles. The maximum Gasteiger partial charge on any atom is 0.225 e. The standard InChI is InChI=1S/C17H16ClNO2/c1-10-3-5-12(15(18)7-10)14-9-17(20)19-16-8-11(21-2)4-6-13(14)16/h3-8,14H,9H2,1-2H3,(H,19,20). The predicted molar refractivity (Wildman–Crippen MR) is 84.3 cm³/mol. The van der Waals surface area contributed by atoms with Gasteiger partial charge >= 0.3 is 0 Å². The number of benzene rings is 2. The smallest absolute Gasteiger partial charge is 0.225 e. The average molecular weight is 302 g/mol. The van der Waals surface area contributed by atoms with E-state index in [0.717, 1.165) is 28.1 Å². The molecule has 1 N–H and O–H groups in total. The second-order valence-corrected chi connectivity index (χ2v) is 5.69. The van der Waals surface area contributed by atoms with Gasteiger partial charge in [-0.15, -0.1) is 0 Å². The first-order valence-corrected chi connectivity index (χ1v) is 7.20. The number of ether oxygens (including phenoxy) is 1. The second-order valence-electron chi connectivity index (χ2n) is 5.28. The summed E-state index contributed by atoms with van der Waals surface area (Å²) in [5, 5.41) is 3.61. The molecule has 1 atom stereocenters. The van der Waals surface area contributed by atoms with Gasteiger partial charge in [-0.2, -0.15) is 0 Å². The molecule has 1 heterocycles. The Labute approximate surface area is 128 Å². The minimum absolute atomic E-state index is 0.00241. The van der Waals surface area contributed by atoms with Gasteiger partial charge in [0, 0.05) is 29.1 Å². The molecule has 0 spiro atoms. The number of halogens is 1. The molecule has 2 aromatic rings. The van der Waals surface area contributed by atoms with Crippen LogP contribution in [0.2, 0.25) is 5.02 Å². The number of aryl methyl sites for hydroxylation is 1. The first-order valence-electron chi connectivity index (χ1n) is 6.82. The van der Waals surface area contributed by atoms with E-state index in [1.807, 2.05) is 43.3 Å². The van der Waals surface area contributed by atoms with Crippen LogP contribution >= 0.6 is 11.6 Å². The molecule has 0 saturated carbocycles. The van der Waals surface area contributed by atoms with Crippen molar-refractivity contribution in [1.29, 1.82) is 0 Å². The summed E-state index contributed by atoms with van der Waals surface area (Å²) >= 11 is 6.38. The summed E-state index contributed by atoms with van der Waals surface area (Å²) in [7, 11) is 1.61. The van der Waals surface area contributed by atoms with Crippen LogP contribution in [0.1, 0.15) is 29.0 Å². The lowest BCUT2D eigenvalue weighted by Gasteiger charge is -2.27. The Balaban J connectivity index is 2.10. The lowest BCUT2D eigenvalue weighted by atomic mass is 9.84. The van der Waals surface area contributed by atoms with E-state index < -0.39 is 0 Å². The van der Waals surface area contributed by atoms with E-state index in [1.165, 1.54) is 0 Å². The Morgan fingerprint density at radius 3 is 2.67 bits per heavy atom. The number of methoxy groups -OCH3 is 1. The van der Waals surface area contributed by atoms with Gasteiger partial charge in [0.25, 0.3) is 0 Å². The highest BCUT2D eigenvalue weighted by atomic mass is 35.5. The third-order valence-corrected chi connectivity index (χ3v) is 4.16. The number of hydrogen-bond donors (Lipinski definition) is 1. The third kappa shape index (κ3) is 2.61. The number of nitrogens with one attached hydrogen (secondary N) is 1. The van der Waals surface area contributed by atoms with Crippen LogP contribution in [0.15, 0.2) is 36.4 Å². The lowest BCUT2D eigenvalue weighted by Crippen LogP contribution is -2.23. The molecule has 1 unspecified atom stereocenters. The van der Waals surface area contributed by atoms with Crippen molar-refractivity contribution in [1.82, 2.24) is 0 Å². The van der Waals surface area contributed by atoms with Gasteiger partial charge in [0.15, 0.2) is 0 Å². The normalized spacial score (nSPS) is 17.1. The Kier molecular flexibility index (Phi) is 3.60. The van der Waals surface area contributed by atoms with E-state index in [4.69, 9.17) is 16.3 Å². The lowest BCUT2D eigenvalue weighted by molar-refractivity contribution is -0.116. The molecule has 3 rings (SSSR count). The van der Waals surface area contributed by atoms with E-state index in [2.05, 4.69) is 5.32 Å². The topological polar surface area (TPSA) is 38.3 Å². The minimum Gasteiger partial charge on any atom is -0.497 e. The second kappa shape index (κ2) is 5.41. The number of carbonyl (C=O) groups is 1. The van der Waals surface area contributed by atoms with Crippen molar-refractivity contribution in [2.45, 2.75) is 19.3 Å². The van der Waals surface area contributed by atoms with Crippen LogP contribution in [0, 0.1) is 6.92 Å². The predicted octanol–water partition coefficient (Wildman–Crippen LogP) is 4.13. The first kappa shape index (κ1) is 14.0. The van der Waals surface area contributed by atoms with Gasteiger partial charge in [0.1, 0.15) is 5.75 Å². The van der Waals surface area contributed by atoms with E-state index in [1.54, 1.807) is 7.11 Å². The Hall–Kier alpha value is -2.00. The summed E-state index contributed by atoms with van der Waals surface area (Å²) < 4.78 is 5.22. The molecule has 0 fully saturated rings. The third-order valence-electron chi connectivity index (χ3n) is 3.83. The van der Waals surface area contributed by atoms with Crippen LogP contribution in [0.3, 0.4) is 0 Å². The van der Waals surface area contributed by atoms with Crippen molar-refractivity contribution >= 4 is 23.2 Å². The summed E-state index contributed by atoms with van der Waals surface area (Å²) in [5.41, 5.74) is 3.97. The summed E-state index contributed by atoms with van der Waals surface area (Å²) in [5.74, 6) is 0.704. The summed E-state index contributed by atoms with van der Waals surface area (Å²) in [6, 6.07) is 11.7. The van der Waals surface area contributed by atoms with Gasteiger partial charge in [0.05, 0.1) is 7.11 Å². The van der Waals surface area contributed by atoms with Crippen LogP contribution in [0.4, 0.5) is 5.69 Å². The van der Waals surface area contributed by atoms with Gasteiger partial charge in [-0.1, -0.05) is 29.8 Å². The van der Waals surface area contributed by atoms with E-state index >= 15 is 0 Å². The van der Waals surface area contributed by atoms with Crippen LogP contribution in [0.25, 0.3) is 0 Å². The fourth-order valence-corrected chi connectivity index (χ4v) is 3.13. The molecule has 0 radical (unpaired) electrons. The van der Waals surface area contributed by atoms with E-state index in [0.29, 0.717) is 11.4 Å². The van der Waals surface area contributed by atoms with Gasteiger partial charge < -0.3 is 10.1 Å². The van der Waals surface area contributed by atoms with Crippen molar-refractivity contribution in [3.63, 3.8) is 0 Å². The molecule has 108 valence electrons. The molecular formula is C17H16ClNO2. The molecule has 4 heteroatoms. The molecule has 0 aliphatic carbocycles. The largest absolute Gasteiger partial charge is 0.497 e. The number of hydrogen-bond acceptors (Lipinski definition) is 2. The molecule has 3 nitrogen and oxygen atoms in total. The Morgan fingerprint density at radius 2 is 1.95 bits per heavy atom. The molecule has 1 aliphatic rings. The zero-order chi connectivity index (χ0) is 15.0. The van der Waals surface area contributed by atoms with Crippen molar-refractivity contribution in [3.8, 4) is 5.75 Å². The van der Waals surface area contributed by atoms with Gasteiger partial charge in [0.2, 0.25) is 5.91 Å². The molecule has 1 amide bonds. The highest BCUT2D eigenvalue weighted by Gasteiger charge is 2.28. The average Bonchev–Trinajstić information content (AvgIpc) is 2.45. The van der Waals surface area contributed by atoms with Gasteiger partial charge in [-0.3, -0.25) is 4.79 Å². The Morgan fingerprint density at radius 1 is 1.19 bits per heavy atom. The Bertz CT molecular complexity index is 712. The highest BCUT2D eigenvalue weighted by Crippen LogP contribution is 2.41. The zero-order valence-corrected chi connectivity index (χ0v) is 12.7. The SMILES string of the molecule is COc1ccc2c(c1)NC(=O)CC2c1ccc(C)cc1Cl. The first-order chi connectivity index (χ1) is 10.1. The van der Waals surface area contributed by atoms with Crippen LogP contribution in [-0.4, -0.2) is 13.0 Å². The minimum atomic E-state index is -0.0206. The molecule has 21 heavy (non-hydrogen) atoms. The monoisotopic (exact) mass is 301 g/mol. The number of anilines is 1. The summed E-state index contributed by atoms with van der Waals surface area (Å²) in [4.78, 5) is 12.0. The molecule has 0 bridgehead atoms. The van der Waals surface area contributed by atoms with Gasteiger partial charge in [-0.05, 0) is 35.7 Å². The zero-order valence-electron chi connectivity index (χ0n) is 11.9. The maximum absolute atomic E-state index is 12.0. The van der Waals surface area contributed by atoms with Crippen LogP contribution < -0.4 is 10.1 Å². The highest BCUT2D eigenvalue weighted by molar-refractivity contribution is 6.31. The van der Waals surface area contributed by atoms with E-state index in [9.17, 15) is 4.79 Å². The number of carbonyl (C=O) groups excluding carboxylic acids is 1. The number of fused-ring (bicyclic) bond motifs is 1. The summed E-state index contributed by atoms with van der Waals surface area (Å²) in [6.45, 7) is 2.00. The summed E-state index contributed by atoms with van der Waals surface area (Å²) in [6.07, 6.45) is 0.405. The van der Waals surface area contributed by atoms with Crippen molar-refractivity contribution in [2.24, 2.45) is 0 Å². The maximum atomic E-state index is 12.0. The van der Waals surface area contributed by atoms with Crippen LogP contribution in [0.5, 0.6) is 5.75 Å². The van der Waals surface area contributed by atoms with Gasteiger partial charge in [-0.25, -0.2) is 0 Å². The number of amides is 1. The van der Waals surface area contributed by atoms with Crippen molar-refractivity contribution in [2.75, 3.05) is 12.4 Å². The van der Waals surface area contributed by atoms with E-state index in [-0.39, 0.29) is 11.8 Å².